The average Bonchev–Trinajstić information content (AvgIpc) is 3.65. The number of carbonyl (C=O) groups excluding carboxylic acids is 3. The Morgan fingerprint density at radius 1 is 1.00 bits per heavy atom. The first-order valence-electron chi connectivity index (χ1n) is 11.1. The fraction of sp³-hybridized carbons (Fsp3) is 0.320. The Labute approximate surface area is 198 Å². The maximum absolute atomic E-state index is 12.5. The van der Waals surface area contributed by atoms with Gasteiger partial charge < -0.3 is 20.4 Å². The zero-order valence-corrected chi connectivity index (χ0v) is 19.1. The van der Waals surface area contributed by atoms with Crippen molar-refractivity contribution in [3.8, 4) is 0 Å². The van der Waals surface area contributed by atoms with Crippen LogP contribution in [-0.2, 0) is 9.59 Å². The molecule has 1 saturated carbocycles. The number of hydrogen-bond donors (Lipinski definition) is 2. The number of carbonyl (C=O) groups is 3. The molecule has 7 nitrogen and oxygen atoms in total. The quantitative estimate of drug-likeness (QED) is 0.615. The predicted molar refractivity (Wildman–Crippen MR) is 129 cm³/mol. The topological polar surface area (TPSA) is 81.8 Å². The van der Waals surface area contributed by atoms with E-state index in [1.165, 1.54) is 6.08 Å². The molecule has 3 amide bonds. The van der Waals surface area contributed by atoms with Crippen LogP contribution in [0, 0.1) is 0 Å². The van der Waals surface area contributed by atoms with Crippen LogP contribution in [0.5, 0.6) is 0 Å². The Morgan fingerprint density at radius 2 is 1.73 bits per heavy atom. The molecule has 0 bridgehead atoms. The van der Waals surface area contributed by atoms with E-state index in [-0.39, 0.29) is 24.3 Å². The third-order valence-electron chi connectivity index (χ3n) is 5.73. The van der Waals surface area contributed by atoms with Crippen LogP contribution in [0.4, 0.5) is 5.69 Å². The van der Waals surface area contributed by atoms with E-state index in [0.717, 1.165) is 24.1 Å². The molecule has 0 unspecified atom stereocenters. The molecule has 1 saturated heterocycles. The molecule has 0 spiro atoms. The number of amides is 3. The number of halogens is 1. The molecule has 2 aliphatic rings. The molecule has 0 aromatic heterocycles. The van der Waals surface area contributed by atoms with Gasteiger partial charge in [0.15, 0.2) is 0 Å². The largest absolute Gasteiger partial charge is 0.368 e. The molecule has 0 atom stereocenters. The van der Waals surface area contributed by atoms with Gasteiger partial charge in [-0.3, -0.25) is 14.4 Å². The number of nitrogens with one attached hydrogen (secondary N) is 2. The molecule has 2 aromatic carbocycles. The van der Waals surface area contributed by atoms with E-state index < -0.39 is 0 Å². The van der Waals surface area contributed by atoms with E-state index in [1.54, 1.807) is 35.2 Å². The number of benzene rings is 2. The fourth-order valence-electron chi connectivity index (χ4n) is 3.63. The molecule has 8 heteroatoms. The molecule has 2 N–H and O–H groups in total. The van der Waals surface area contributed by atoms with E-state index in [4.69, 9.17) is 11.6 Å². The van der Waals surface area contributed by atoms with Gasteiger partial charge in [-0.05, 0) is 54.8 Å². The van der Waals surface area contributed by atoms with Crippen molar-refractivity contribution < 1.29 is 14.4 Å². The molecule has 4 rings (SSSR count). The summed E-state index contributed by atoms with van der Waals surface area (Å²) < 4.78 is 0. The summed E-state index contributed by atoms with van der Waals surface area (Å²) in [7, 11) is 0. The van der Waals surface area contributed by atoms with E-state index in [1.807, 2.05) is 24.3 Å². The lowest BCUT2D eigenvalue weighted by Crippen LogP contribution is -2.51. The third-order valence-corrected chi connectivity index (χ3v) is 5.97. The van der Waals surface area contributed by atoms with Crippen molar-refractivity contribution in [3.63, 3.8) is 0 Å². The van der Waals surface area contributed by atoms with Gasteiger partial charge in [-0.2, -0.15) is 0 Å². The van der Waals surface area contributed by atoms with E-state index >= 15 is 0 Å². The number of piperazine rings is 1. The zero-order valence-electron chi connectivity index (χ0n) is 18.3. The van der Waals surface area contributed by atoms with Gasteiger partial charge in [-0.1, -0.05) is 29.8 Å². The van der Waals surface area contributed by atoms with Crippen molar-refractivity contribution in [1.29, 1.82) is 0 Å². The third kappa shape index (κ3) is 6.58. The van der Waals surface area contributed by atoms with Gasteiger partial charge >= 0.3 is 0 Å². The Bertz CT molecular complexity index is 1040. The van der Waals surface area contributed by atoms with Crippen LogP contribution in [0.25, 0.3) is 6.08 Å². The summed E-state index contributed by atoms with van der Waals surface area (Å²) >= 11 is 6.06. The second kappa shape index (κ2) is 10.5. The lowest BCUT2D eigenvalue weighted by Gasteiger charge is -2.36. The second-order valence-electron chi connectivity index (χ2n) is 8.27. The molecule has 1 aliphatic carbocycles. The maximum Gasteiger partial charge on any atom is 0.251 e. The number of rotatable bonds is 7. The van der Waals surface area contributed by atoms with Crippen molar-refractivity contribution in [1.82, 2.24) is 15.5 Å². The average molecular weight is 467 g/mol. The Balaban J connectivity index is 1.19. The van der Waals surface area contributed by atoms with Crippen LogP contribution in [0.2, 0.25) is 5.02 Å². The van der Waals surface area contributed by atoms with E-state index in [2.05, 4.69) is 15.5 Å². The van der Waals surface area contributed by atoms with Gasteiger partial charge in [0, 0.05) is 54.6 Å². The summed E-state index contributed by atoms with van der Waals surface area (Å²) in [6.45, 7) is 2.58. The summed E-state index contributed by atoms with van der Waals surface area (Å²) in [4.78, 5) is 40.6. The standard InChI is InChI=1S/C25H27ClN4O3/c26-20-2-1-3-22(16-20)29-12-14-30(15-13-29)24(32)17-27-23(31)11-6-18-4-7-19(8-5-18)25(33)28-21-9-10-21/h1-8,11,16,21H,9-10,12-15,17H2,(H,27,31)(H,28,33)/b11-6+. The van der Waals surface area contributed by atoms with Crippen LogP contribution < -0.4 is 15.5 Å². The van der Waals surface area contributed by atoms with Crippen molar-refractivity contribution in [2.45, 2.75) is 18.9 Å². The van der Waals surface area contributed by atoms with Gasteiger partial charge in [0.05, 0.1) is 6.54 Å². The highest BCUT2D eigenvalue weighted by molar-refractivity contribution is 6.30. The minimum atomic E-state index is -0.337. The molecule has 1 aliphatic heterocycles. The first-order valence-corrected chi connectivity index (χ1v) is 11.5. The van der Waals surface area contributed by atoms with Gasteiger partial charge in [0.1, 0.15) is 0 Å². The molecule has 172 valence electrons. The van der Waals surface area contributed by atoms with Crippen LogP contribution in [-0.4, -0.2) is 61.4 Å². The van der Waals surface area contributed by atoms with Crippen LogP contribution in [0.1, 0.15) is 28.8 Å². The van der Waals surface area contributed by atoms with Crippen molar-refractivity contribution in [2.24, 2.45) is 0 Å². The van der Waals surface area contributed by atoms with E-state index in [0.29, 0.717) is 42.8 Å². The minimum Gasteiger partial charge on any atom is -0.368 e. The Morgan fingerprint density at radius 3 is 2.39 bits per heavy atom. The van der Waals surface area contributed by atoms with Gasteiger partial charge in [-0.25, -0.2) is 0 Å². The Hall–Kier alpha value is -3.32. The number of anilines is 1. The predicted octanol–water partition coefficient (Wildman–Crippen LogP) is 2.71. The van der Waals surface area contributed by atoms with Crippen molar-refractivity contribution in [2.75, 3.05) is 37.6 Å². The summed E-state index contributed by atoms with van der Waals surface area (Å²) in [6.07, 6.45) is 5.14. The van der Waals surface area contributed by atoms with Gasteiger partial charge in [0.2, 0.25) is 11.8 Å². The maximum atomic E-state index is 12.5. The second-order valence-corrected chi connectivity index (χ2v) is 8.71. The molecular formula is C25H27ClN4O3. The SMILES string of the molecule is O=C(/C=C/c1ccc(C(=O)NC2CC2)cc1)NCC(=O)N1CCN(c2cccc(Cl)c2)CC1. The lowest BCUT2D eigenvalue weighted by atomic mass is 10.1. The summed E-state index contributed by atoms with van der Waals surface area (Å²) in [5.74, 6) is -0.511. The summed E-state index contributed by atoms with van der Waals surface area (Å²) in [5.41, 5.74) is 2.45. The lowest BCUT2D eigenvalue weighted by molar-refractivity contribution is -0.132. The Kier molecular flexibility index (Phi) is 7.29. The molecule has 1 heterocycles. The molecule has 2 fully saturated rings. The van der Waals surface area contributed by atoms with Crippen molar-refractivity contribution in [3.05, 3.63) is 70.8 Å². The fourth-order valence-corrected chi connectivity index (χ4v) is 3.82. The zero-order chi connectivity index (χ0) is 23.2. The first kappa shape index (κ1) is 22.9. The van der Waals surface area contributed by atoms with Crippen molar-refractivity contribution >= 4 is 41.1 Å². The molecule has 0 radical (unpaired) electrons. The molecular weight excluding hydrogens is 440 g/mol. The highest BCUT2D eigenvalue weighted by Crippen LogP contribution is 2.21. The molecule has 33 heavy (non-hydrogen) atoms. The molecule has 2 aromatic rings. The highest BCUT2D eigenvalue weighted by atomic mass is 35.5. The van der Waals surface area contributed by atoms with E-state index in [9.17, 15) is 14.4 Å². The van der Waals surface area contributed by atoms with Gasteiger partial charge in [0.25, 0.3) is 5.91 Å². The smallest absolute Gasteiger partial charge is 0.251 e. The number of nitrogens with zero attached hydrogens (tertiary/aromatic N) is 2. The summed E-state index contributed by atoms with van der Waals surface area (Å²) in [5, 5.41) is 6.28. The monoisotopic (exact) mass is 466 g/mol. The van der Waals surface area contributed by atoms with Crippen LogP contribution in [0.3, 0.4) is 0 Å². The minimum absolute atomic E-state index is 0.0411. The normalized spacial score (nSPS) is 16.0. The summed E-state index contributed by atoms with van der Waals surface area (Å²) in [6, 6.07) is 15.0. The van der Waals surface area contributed by atoms with Gasteiger partial charge in [-0.15, -0.1) is 0 Å². The highest BCUT2D eigenvalue weighted by Gasteiger charge is 2.24. The van der Waals surface area contributed by atoms with Crippen LogP contribution in [0.15, 0.2) is 54.6 Å². The number of hydrogen-bond acceptors (Lipinski definition) is 4. The first-order chi connectivity index (χ1) is 16.0. The van der Waals surface area contributed by atoms with Crippen LogP contribution >= 0.6 is 11.6 Å².